The van der Waals surface area contributed by atoms with Crippen LogP contribution in [0, 0.1) is 0 Å². The van der Waals surface area contributed by atoms with Crippen LogP contribution in [0.4, 0.5) is 4.79 Å². The number of urea groups is 1. The van der Waals surface area contributed by atoms with Gasteiger partial charge in [0.25, 0.3) is 5.91 Å². The third-order valence-electron chi connectivity index (χ3n) is 0.854. The number of nitrogens with zero attached hydrogens (tertiary/aromatic N) is 1. The van der Waals surface area contributed by atoms with Crippen molar-refractivity contribution >= 4 is 24.1 Å². The van der Waals surface area contributed by atoms with Crippen molar-refractivity contribution in [1.29, 1.82) is 0 Å². The predicted octanol–water partition coefficient (Wildman–Crippen LogP) is -0.0459. The summed E-state index contributed by atoms with van der Waals surface area (Å²) in [7, 11) is 0. The Balaban J connectivity index is 4.02. The van der Waals surface area contributed by atoms with Gasteiger partial charge in [-0.05, 0) is 6.92 Å². The molecule has 0 aliphatic rings. The number of aliphatic imine (C=N–C) groups is 1. The van der Waals surface area contributed by atoms with Crippen molar-refractivity contribution in [3.8, 4) is 0 Å². The fraction of sp³-hybridized carbons (Fsp3) is 0.143. The smallest absolute Gasteiger partial charge is 0.347 e. The molecule has 0 saturated carbocycles. The molecule has 0 rings (SSSR count). The van der Waals surface area contributed by atoms with Crippen LogP contribution in [-0.4, -0.2) is 29.2 Å². The van der Waals surface area contributed by atoms with Crippen LogP contribution in [0.1, 0.15) is 6.92 Å². The van der Waals surface area contributed by atoms with Crippen LogP contribution in [-0.2, 0) is 9.59 Å². The highest BCUT2D eigenvalue weighted by Crippen LogP contribution is 1.77. The minimum atomic E-state index is -1.26. The van der Waals surface area contributed by atoms with E-state index in [-0.39, 0.29) is 0 Å². The van der Waals surface area contributed by atoms with Crippen molar-refractivity contribution in [2.75, 3.05) is 0 Å². The molecule has 0 unspecified atom stereocenters. The van der Waals surface area contributed by atoms with Crippen LogP contribution in [0.25, 0.3) is 0 Å². The van der Waals surface area contributed by atoms with E-state index in [1.165, 1.54) is 13.1 Å². The summed E-state index contributed by atoms with van der Waals surface area (Å²) in [6.45, 7) is 1.51. The number of rotatable bonds is 2. The second-order valence-corrected chi connectivity index (χ2v) is 1.85. The summed E-state index contributed by atoms with van der Waals surface area (Å²) in [6.07, 6.45) is 2.56. The number of hydrogen-bond donors (Lipinski definition) is 2. The van der Waals surface area contributed by atoms with E-state index in [2.05, 4.69) is 4.99 Å². The first-order valence-electron chi connectivity index (χ1n) is 3.31. The van der Waals surface area contributed by atoms with Gasteiger partial charge >= 0.3 is 12.0 Å². The van der Waals surface area contributed by atoms with Gasteiger partial charge in [-0.1, -0.05) is 0 Å². The van der Waals surface area contributed by atoms with Gasteiger partial charge in [-0.15, -0.1) is 0 Å². The van der Waals surface area contributed by atoms with Crippen molar-refractivity contribution < 1.29 is 19.5 Å². The molecule has 6 heteroatoms. The summed E-state index contributed by atoms with van der Waals surface area (Å²) in [4.78, 5) is 34.4. The number of carbonyl (C=O) groups is 3. The number of imide groups is 1. The molecular weight excluding hydrogens is 176 g/mol. The summed E-state index contributed by atoms with van der Waals surface area (Å²) in [5, 5.41) is 9.93. The molecule has 0 fully saturated rings. The maximum absolute atomic E-state index is 10.7. The monoisotopic (exact) mass is 184 g/mol. The molecule has 0 spiro atoms. The average Bonchev–Trinajstić information content (AvgIpc) is 2.01. The third-order valence-corrected chi connectivity index (χ3v) is 0.854. The zero-order valence-electron chi connectivity index (χ0n) is 6.85. The van der Waals surface area contributed by atoms with Crippen LogP contribution < -0.4 is 5.32 Å². The lowest BCUT2D eigenvalue weighted by Crippen LogP contribution is -2.26. The van der Waals surface area contributed by atoms with E-state index in [9.17, 15) is 14.4 Å². The van der Waals surface area contributed by atoms with Crippen LogP contribution in [0.15, 0.2) is 17.1 Å². The van der Waals surface area contributed by atoms with E-state index in [1.54, 1.807) is 0 Å². The first-order chi connectivity index (χ1) is 6.06. The van der Waals surface area contributed by atoms with Gasteiger partial charge in [-0.2, -0.15) is 0 Å². The molecule has 3 amide bonds. The highest BCUT2D eigenvalue weighted by molar-refractivity contribution is 6.03. The third kappa shape index (κ3) is 6.42. The quantitative estimate of drug-likeness (QED) is 0.464. The van der Waals surface area contributed by atoms with Crippen LogP contribution in [0.2, 0.25) is 0 Å². The average molecular weight is 184 g/mol. The highest BCUT2D eigenvalue weighted by atomic mass is 16.4. The normalized spacial score (nSPS) is 10.5. The molecule has 0 aromatic carbocycles. The van der Waals surface area contributed by atoms with Crippen molar-refractivity contribution in [2.45, 2.75) is 6.92 Å². The summed E-state index contributed by atoms with van der Waals surface area (Å²) in [5.74, 6) is -2.08. The standard InChI is InChI=1S/C7H8N2O4/c1-2-8-7(13)9-5(10)3-4-6(11)12/h2-4H,1H3,(H,11,12)(H,9,10,13). The van der Waals surface area contributed by atoms with E-state index < -0.39 is 17.9 Å². The molecule has 2 N–H and O–H groups in total. The molecule has 0 aromatic rings. The maximum atomic E-state index is 10.7. The largest absolute Gasteiger partial charge is 0.478 e. The fourth-order valence-corrected chi connectivity index (χ4v) is 0.444. The number of carboxylic acid groups (broad SMARTS) is 1. The number of amides is 3. The van der Waals surface area contributed by atoms with Gasteiger partial charge in [0.1, 0.15) is 0 Å². The minimum absolute atomic E-state index is 0.623. The minimum Gasteiger partial charge on any atom is -0.478 e. The Morgan fingerprint density at radius 1 is 1.31 bits per heavy atom. The van der Waals surface area contributed by atoms with Gasteiger partial charge in [0.05, 0.1) is 0 Å². The van der Waals surface area contributed by atoms with Crippen molar-refractivity contribution in [3.05, 3.63) is 12.2 Å². The van der Waals surface area contributed by atoms with Gasteiger partial charge in [-0.3, -0.25) is 10.1 Å². The summed E-state index contributed by atoms with van der Waals surface area (Å²) in [5.41, 5.74) is 0. The lowest BCUT2D eigenvalue weighted by Gasteiger charge is -1.92. The second kappa shape index (κ2) is 5.64. The van der Waals surface area contributed by atoms with E-state index in [1.807, 2.05) is 5.32 Å². The molecular formula is C7H8N2O4. The van der Waals surface area contributed by atoms with Crippen molar-refractivity contribution in [1.82, 2.24) is 5.32 Å². The zero-order chi connectivity index (χ0) is 10.3. The Labute approximate surface area is 74.0 Å². The molecule has 70 valence electrons. The van der Waals surface area contributed by atoms with E-state index >= 15 is 0 Å². The first-order valence-corrected chi connectivity index (χ1v) is 3.31. The summed E-state index contributed by atoms with van der Waals surface area (Å²) in [6, 6.07) is -0.831. The summed E-state index contributed by atoms with van der Waals surface area (Å²) >= 11 is 0. The van der Waals surface area contributed by atoms with Gasteiger partial charge in [0.2, 0.25) is 0 Å². The molecule has 0 aliphatic heterocycles. The SMILES string of the molecule is CC=NC(=O)NC(=O)C=CC(=O)O. The first kappa shape index (κ1) is 11.0. The van der Waals surface area contributed by atoms with Gasteiger partial charge in [0, 0.05) is 18.4 Å². The number of carboxylic acids is 1. The fourth-order valence-electron chi connectivity index (χ4n) is 0.444. The Bertz CT molecular complexity index is 280. The number of aliphatic carboxylic acids is 1. The lowest BCUT2D eigenvalue weighted by molar-refractivity contribution is -0.131. The highest BCUT2D eigenvalue weighted by Gasteiger charge is 2.01. The Morgan fingerprint density at radius 2 is 1.92 bits per heavy atom. The van der Waals surface area contributed by atoms with Crippen LogP contribution >= 0.6 is 0 Å². The van der Waals surface area contributed by atoms with E-state index in [0.29, 0.717) is 6.08 Å². The molecule has 0 bridgehead atoms. The van der Waals surface area contributed by atoms with Crippen LogP contribution in [0.3, 0.4) is 0 Å². The van der Waals surface area contributed by atoms with E-state index in [4.69, 9.17) is 5.11 Å². The number of hydrogen-bond acceptors (Lipinski definition) is 3. The van der Waals surface area contributed by atoms with Gasteiger partial charge in [-0.25, -0.2) is 14.6 Å². The Morgan fingerprint density at radius 3 is 2.38 bits per heavy atom. The lowest BCUT2D eigenvalue weighted by atomic mass is 10.5. The molecule has 0 aliphatic carbocycles. The second-order valence-electron chi connectivity index (χ2n) is 1.85. The topological polar surface area (TPSA) is 95.8 Å². The Hall–Kier alpha value is -1.98. The Kier molecular flexibility index (Phi) is 4.78. The molecule has 0 atom stereocenters. The van der Waals surface area contributed by atoms with Crippen molar-refractivity contribution in [3.63, 3.8) is 0 Å². The van der Waals surface area contributed by atoms with Gasteiger partial charge in [0.15, 0.2) is 0 Å². The molecule has 0 heterocycles. The van der Waals surface area contributed by atoms with Gasteiger partial charge < -0.3 is 5.11 Å². The molecule has 13 heavy (non-hydrogen) atoms. The predicted molar refractivity (Wildman–Crippen MR) is 44.5 cm³/mol. The maximum Gasteiger partial charge on any atom is 0.347 e. The number of carbonyl (C=O) groups excluding carboxylic acids is 2. The van der Waals surface area contributed by atoms with Crippen LogP contribution in [0.5, 0.6) is 0 Å². The molecule has 6 nitrogen and oxygen atoms in total. The zero-order valence-corrected chi connectivity index (χ0v) is 6.85. The molecule has 0 saturated heterocycles. The molecule has 0 aromatic heterocycles. The van der Waals surface area contributed by atoms with Crippen molar-refractivity contribution in [2.24, 2.45) is 4.99 Å². The number of nitrogens with one attached hydrogen (secondary N) is 1. The summed E-state index contributed by atoms with van der Waals surface area (Å²) < 4.78 is 0. The molecule has 0 radical (unpaired) electrons. The van der Waals surface area contributed by atoms with E-state index in [0.717, 1.165) is 6.08 Å².